The number of nitrogens with two attached hydrogens (primary N) is 1. The minimum atomic E-state index is -3.71. The Labute approximate surface area is 151 Å². The van der Waals surface area contributed by atoms with Crippen molar-refractivity contribution in [2.75, 3.05) is 14.2 Å². The molecule has 0 amide bonds. The fraction of sp³-hybridized carbons (Fsp3) is 0.167. The average molecular weight is 373 g/mol. The zero-order valence-electron chi connectivity index (χ0n) is 14.4. The number of benzene rings is 2. The van der Waals surface area contributed by atoms with Crippen LogP contribution >= 0.6 is 0 Å². The lowest BCUT2D eigenvalue weighted by atomic mass is 10.00. The third-order valence-electron chi connectivity index (χ3n) is 3.99. The van der Waals surface area contributed by atoms with E-state index in [1.54, 1.807) is 20.4 Å². The van der Waals surface area contributed by atoms with Crippen molar-refractivity contribution in [2.24, 2.45) is 5.14 Å². The minimum absolute atomic E-state index is 0.140. The number of pyridine rings is 1. The number of hydrogen-bond donors (Lipinski definition) is 2. The van der Waals surface area contributed by atoms with E-state index in [4.69, 9.17) is 14.6 Å². The molecule has 7 nitrogen and oxygen atoms in total. The number of nitrogens with zero attached hydrogens (tertiary/aromatic N) is 1. The molecule has 3 N–H and O–H groups in total. The van der Waals surface area contributed by atoms with Gasteiger partial charge in [0.25, 0.3) is 10.2 Å². The number of fused-ring (bicyclic) bond motifs is 1. The lowest BCUT2D eigenvalue weighted by molar-refractivity contribution is 0.356. The van der Waals surface area contributed by atoms with Crippen LogP contribution in [-0.2, 0) is 16.8 Å². The van der Waals surface area contributed by atoms with Crippen molar-refractivity contribution in [1.29, 1.82) is 0 Å². The first-order valence-electron chi connectivity index (χ1n) is 7.78. The second-order valence-electron chi connectivity index (χ2n) is 5.65. The Balaban J connectivity index is 1.99. The molecule has 0 spiro atoms. The Bertz CT molecular complexity index is 1030. The second-order valence-corrected chi connectivity index (χ2v) is 7.02. The van der Waals surface area contributed by atoms with Gasteiger partial charge in [0.05, 0.1) is 19.7 Å². The monoisotopic (exact) mass is 373 g/mol. The highest BCUT2D eigenvalue weighted by molar-refractivity contribution is 7.87. The van der Waals surface area contributed by atoms with Gasteiger partial charge in [0.15, 0.2) is 11.5 Å². The summed E-state index contributed by atoms with van der Waals surface area (Å²) in [6.45, 7) is 0.140. The SMILES string of the molecule is COc1cc2nccc(-c3ccc(CNS(N)(=O)=O)cc3)c2cc1OC. The number of aromatic nitrogens is 1. The van der Waals surface area contributed by atoms with Gasteiger partial charge in [0.1, 0.15) is 0 Å². The van der Waals surface area contributed by atoms with E-state index in [0.717, 1.165) is 27.6 Å². The van der Waals surface area contributed by atoms with Crippen LogP contribution in [0.5, 0.6) is 11.5 Å². The summed E-state index contributed by atoms with van der Waals surface area (Å²) in [4.78, 5) is 4.40. The maximum absolute atomic E-state index is 11.0. The molecule has 0 aliphatic carbocycles. The van der Waals surface area contributed by atoms with E-state index in [1.165, 1.54) is 0 Å². The molecular formula is C18H19N3O4S. The third kappa shape index (κ3) is 3.93. The lowest BCUT2D eigenvalue weighted by Gasteiger charge is -2.12. The van der Waals surface area contributed by atoms with Crippen LogP contribution in [-0.4, -0.2) is 27.6 Å². The summed E-state index contributed by atoms with van der Waals surface area (Å²) in [7, 11) is -0.536. The molecule has 2 aromatic carbocycles. The van der Waals surface area contributed by atoms with Crippen LogP contribution in [0.15, 0.2) is 48.7 Å². The second kappa shape index (κ2) is 7.28. The fourth-order valence-corrected chi connectivity index (χ4v) is 3.08. The van der Waals surface area contributed by atoms with E-state index in [9.17, 15) is 8.42 Å². The highest BCUT2D eigenvalue weighted by atomic mass is 32.2. The molecular weight excluding hydrogens is 354 g/mol. The molecule has 3 rings (SSSR count). The standard InChI is InChI=1S/C18H19N3O4S/c1-24-17-9-15-14(7-8-20-16(15)10-18(17)25-2)13-5-3-12(4-6-13)11-21-26(19,22)23/h3-10,21H,11H2,1-2H3,(H2,19,22,23). The van der Waals surface area contributed by atoms with Gasteiger partial charge in [-0.3, -0.25) is 4.98 Å². The molecule has 0 unspecified atom stereocenters. The molecule has 3 aromatic rings. The summed E-state index contributed by atoms with van der Waals surface area (Å²) in [5.74, 6) is 1.25. The normalized spacial score (nSPS) is 11.5. The molecule has 0 radical (unpaired) electrons. The predicted octanol–water partition coefficient (Wildman–Crippen LogP) is 2.21. The van der Waals surface area contributed by atoms with E-state index >= 15 is 0 Å². The molecule has 0 atom stereocenters. The predicted molar refractivity (Wildman–Crippen MR) is 100 cm³/mol. The van der Waals surface area contributed by atoms with Crippen LogP contribution in [0.1, 0.15) is 5.56 Å². The highest BCUT2D eigenvalue weighted by Crippen LogP contribution is 2.36. The maximum Gasteiger partial charge on any atom is 0.274 e. The van der Waals surface area contributed by atoms with Gasteiger partial charge in [0, 0.05) is 24.2 Å². The van der Waals surface area contributed by atoms with Gasteiger partial charge in [-0.25, -0.2) is 5.14 Å². The fourth-order valence-electron chi connectivity index (χ4n) is 2.71. The smallest absolute Gasteiger partial charge is 0.274 e. The molecule has 26 heavy (non-hydrogen) atoms. The molecule has 0 aliphatic rings. The molecule has 8 heteroatoms. The molecule has 1 aromatic heterocycles. The van der Waals surface area contributed by atoms with Crippen LogP contribution in [0.25, 0.3) is 22.0 Å². The zero-order chi connectivity index (χ0) is 18.7. The van der Waals surface area contributed by atoms with Gasteiger partial charge in [-0.2, -0.15) is 13.1 Å². The number of ether oxygens (including phenoxy) is 2. The van der Waals surface area contributed by atoms with E-state index in [-0.39, 0.29) is 6.54 Å². The van der Waals surface area contributed by atoms with Crippen molar-refractivity contribution in [3.63, 3.8) is 0 Å². The largest absolute Gasteiger partial charge is 0.493 e. The molecule has 136 valence electrons. The van der Waals surface area contributed by atoms with Crippen LogP contribution in [0, 0.1) is 0 Å². The molecule has 1 heterocycles. The van der Waals surface area contributed by atoms with E-state index in [0.29, 0.717) is 11.5 Å². The highest BCUT2D eigenvalue weighted by Gasteiger charge is 2.11. The first kappa shape index (κ1) is 18.1. The summed E-state index contributed by atoms with van der Waals surface area (Å²) in [5, 5.41) is 5.88. The Hall–Kier alpha value is -2.68. The lowest BCUT2D eigenvalue weighted by Crippen LogP contribution is -2.30. The van der Waals surface area contributed by atoms with E-state index in [2.05, 4.69) is 9.71 Å². The minimum Gasteiger partial charge on any atom is -0.493 e. The first-order chi connectivity index (χ1) is 12.4. The van der Waals surface area contributed by atoms with Crippen molar-refractivity contribution >= 4 is 21.1 Å². The number of hydrogen-bond acceptors (Lipinski definition) is 5. The number of methoxy groups -OCH3 is 2. The summed E-state index contributed by atoms with van der Waals surface area (Å²) in [6, 6.07) is 13.2. The topological polar surface area (TPSA) is 104 Å². The van der Waals surface area contributed by atoms with Crippen LogP contribution < -0.4 is 19.3 Å². The molecule has 0 aliphatic heterocycles. The zero-order valence-corrected chi connectivity index (χ0v) is 15.2. The van der Waals surface area contributed by atoms with Crippen LogP contribution in [0.4, 0.5) is 0 Å². The summed E-state index contributed by atoms with van der Waals surface area (Å²) < 4.78 is 35.0. The van der Waals surface area contributed by atoms with Crippen molar-refractivity contribution in [1.82, 2.24) is 9.71 Å². The summed E-state index contributed by atoms with van der Waals surface area (Å²) >= 11 is 0. The van der Waals surface area contributed by atoms with E-state index < -0.39 is 10.2 Å². The van der Waals surface area contributed by atoms with Crippen LogP contribution in [0.3, 0.4) is 0 Å². The van der Waals surface area contributed by atoms with Gasteiger partial charge >= 0.3 is 0 Å². The van der Waals surface area contributed by atoms with Crippen molar-refractivity contribution in [3.8, 4) is 22.6 Å². The van der Waals surface area contributed by atoms with Crippen molar-refractivity contribution in [3.05, 3.63) is 54.2 Å². The van der Waals surface area contributed by atoms with Gasteiger partial charge in [-0.15, -0.1) is 0 Å². The van der Waals surface area contributed by atoms with Gasteiger partial charge in [-0.1, -0.05) is 24.3 Å². The van der Waals surface area contributed by atoms with Gasteiger partial charge in [0.2, 0.25) is 0 Å². The number of rotatable bonds is 6. The Morgan fingerprint density at radius 1 is 1.04 bits per heavy atom. The third-order valence-corrected chi connectivity index (χ3v) is 4.54. The maximum atomic E-state index is 11.0. The summed E-state index contributed by atoms with van der Waals surface area (Å²) in [6.07, 6.45) is 1.74. The van der Waals surface area contributed by atoms with Crippen molar-refractivity contribution < 1.29 is 17.9 Å². The summed E-state index contributed by atoms with van der Waals surface area (Å²) in [5.41, 5.74) is 3.56. The molecule has 0 saturated carbocycles. The molecule has 0 bridgehead atoms. The van der Waals surface area contributed by atoms with Crippen molar-refractivity contribution in [2.45, 2.75) is 6.54 Å². The van der Waals surface area contributed by atoms with Crippen LogP contribution in [0.2, 0.25) is 0 Å². The molecule has 0 saturated heterocycles. The van der Waals surface area contributed by atoms with Gasteiger partial charge in [-0.05, 0) is 28.8 Å². The average Bonchev–Trinajstić information content (AvgIpc) is 2.64. The Kier molecular flexibility index (Phi) is 5.08. The quantitative estimate of drug-likeness (QED) is 0.689. The van der Waals surface area contributed by atoms with Gasteiger partial charge < -0.3 is 9.47 Å². The number of nitrogens with one attached hydrogen (secondary N) is 1. The Morgan fingerprint density at radius 2 is 1.69 bits per heavy atom. The first-order valence-corrected chi connectivity index (χ1v) is 9.33. The Morgan fingerprint density at radius 3 is 2.31 bits per heavy atom. The van der Waals surface area contributed by atoms with E-state index in [1.807, 2.05) is 42.5 Å². The molecule has 0 fully saturated rings.